The number of aliphatic hydroxyl groups is 1. The van der Waals surface area contributed by atoms with Crippen molar-refractivity contribution in [2.24, 2.45) is 5.92 Å². The number of halogens is 1. The van der Waals surface area contributed by atoms with Crippen LogP contribution in [0.3, 0.4) is 0 Å². The number of nitrogens with one attached hydrogen (secondary N) is 1. The van der Waals surface area contributed by atoms with Crippen molar-refractivity contribution in [1.29, 1.82) is 0 Å². The predicted octanol–water partition coefficient (Wildman–Crippen LogP) is 1.05. The Kier molecular flexibility index (Phi) is 7.33. The number of esters is 1. The molecule has 128 valence electrons. The zero-order chi connectivity index (χ0) is 16.7. The highest BCUT2D eigenvalue weighted by molar-refractivity contribution is 9.10. The fraction of sp³-hybridized carbons (Fsp3) is 0.588. The summed E-state index contributed by atoms with van der Waals surface area (Å²) in [5.41, 5.74) is 0. The number of hydrogen-bond donors (Lipinski definition) is 2. The minimum atomic E-state index is -0.507. The fourth-order valence-electron chi connectivity index (χ4n) is 2.84. The number of carbonyl (C=O) groups excluding carboxylic acids is 1. The monoisotopic (exact) mass is 386 g/mol. The van der Waals surface area contributed by atoms with Crippen LogP contribution in [0.5, 0.6) is 5.75 Å². The number of aliphatic hydroxyl groups excluding tert-OH is 1. The van der Waals surface area contributed by atoms with E-state index in [0.717, 1.165) is 36.2 Å². The molecule has 1 aliphatic rings. The summed E-state index contributed by atoms with van der Waals surface area (Å²) in [5.74, 6) is 0.698. The standard InChI is InChI=1S/C17H24BrNO4/c1-2-22-17(21)13-7-9-19(10-8-13)11-15(20)12-23-16-5-3-14(18)4-6-16/h3-6,13,15,20H,2,7-12H2,1H3/p+1/t15-/m1/s1. The molecule has 2 N–H and O–H groups in total. The van der Waals surface area contributed by atoms with E-state index in [1.54, 1.807) is 0 Å². The molecule has 0 amide bonds. The van der Waals surface area contributed by atoms with Gasteiger partial charge in [-0.15, -0.1) is 0 Å². The molecule has 1 aromatic rings. The summed E-state index contributed by atoms with van der Waals surface area (Å²) >= 11 is 3.37. The average Bonchev–Trinajstić information content (AvgIpc) is 2.55. The van der Waals surface area contributed by atoms with Gasteiger partial charge in [-0.05, 0) is 31.2 Å². The molecular weight excluding hydrogens is 362 g/mol. The average molecular weight is 387 g/mol. The lowest BCUT2D eigenvalue weighted by Gasteiger charge is -2.29. The second-order valence-corrected chi connectivity index (χ2v) is 6.81. The number of hydrogen-bond acceptors (Lipinski definition) is 4. The molecule has 1 heterocycles. The van der Waals surface area contributed by atoms with Gasteiger partial charge in [0.2, 0.25) is 0 Å². The Hall–Kier alpha value is -1.11. The molecule has 1 aromatic carbocycles. The minimum Gasteiger partial charge on any atom is -0.491 e. The highest BCUT2D eigenvalue weighted by Gasteiger charge is 2.29. The molecule has 0 bridgehead atoms. The van der Waals surface area contributed by atoms with E-state index < -0.39 is 6.10 Å². The van der Waals surface area contributed by atoms with Gasteiger partial charge < -0.3 is 19.5 Å². The summed E-state index contributed by atoms with van der Waals surface area (Å²) in [6.45, 7) is 4.98. The van der Waals surface area contributed by atoms with Gasteiger partial charge in [-0.1, -0.05) is 15.9 Å². The summed E-state index contributed by atoms with van der Waals surface area (Å²) in [5, 5.41) is 10.1. The van der Waals surface area contributed by atoms with Crippen molar-refractivity contribution >= 4 is 21.9 Å². The van der Waals surface area contributed by atoms with Crippen LogP contribution < -0.4 is 9.64 Å². The van der Waals surface area contributed by atoms with Crippen molar-refractivity contribution in [3.05, 3.63) is 28.7 Å². The molecule has 1 atom stereocenters. The Morgan fingerprint density at radius 3 is 2.61 bits per heavy atom. The molecular formula is C17H25BrNO4+. The maximum Gasteiger partial charge on any atom is 0.309 e. The summed E-state index contributed by atoms with van der Waals surface area (Å²) < 4.78 is 11.7. The van der Waals surface area contributed by atoms with E-state index >= 15 is 0 Å². The van der Waals surface area contributed by atoms with Crippen LogP contribution in [-0.2, 0) is 9.53 Å². The van der Waals surface area contributed by atoms with Gasteiger partial charge >= 0.3 is 5.97 Å². The van der Waals surface area contributed by atoms with E-state index in [9.17, 15) is 9.90 Å². The molecule has 0 spiro atoms. The number of ether oxygens (including phenoxy) is 2. The van der Waals surface area contributed by atoms with Gasteiger partial charge in [-0.25, -0.2) is 0 Å². The van der Waals surface area contributed by atoms with E-state index in [4.69, 9.17) is 9.47 Å². The molecule has 6 heteroatoms. The van der Waals surface area contributed by atoms with Crippen molar-refractivity contribution in [2.75, 3.05) is 32.8 Å². The third-order valence-corrected chi connectivity index (χ3v) is 4.62. The van der Waals surface area contributed by atoms with Crippen molar-refractivity contribution in [3.8, 4) is 5.75 Å². The summed E-state index contributed by atoms with van der Waals surface area (Å²) in [4.78, 5) is 13.0. The van der Waals surface area contributed by atoms with E-state index in [1.807, 2.05) is 31.2 Å². The van der Waals surface area contributed by atoms with Crippen LogP contribution >= 0.6 is 15.9 Å². The van der Waals surface area contributed by atoms with Crippen LogP contribution in [0.15, 0.2) is 28.7 Å². The highest BCUT2D eigenvalue weighted by atomic mass is 79.9. The molecule has 0 aliphatic carbocycles. The second-order valence-electron chi connectivity index (χ2n) is 5.90. The molecule has 0 unspecified atom stereocenters. The first-order chi connectivity index (χ1) is 11.1. The lowest BCUT2D eigenvalue weighted by Crippen LogP contribution is -3.14. The number of rotatable bonds is 7. The first kappa shape index (κ1) is 18.2. The third kappa shape index (κ3) is 6.12. The molecule has 1 aliphatic heterocycles. The Labute approximate surface area is 145 Å². The van der Waals surface area contributed by atoms with Crippen molar-refractivity contribution in [1.82, 2.24) is 0 Å². The lowest BCUT2D eigenvalue weighted by molar-refractivity contribution is -0.908. The molecule has 23 heavy (non-hydrogen) atoms. The largest absolute Gasteiger partial charge is 0.491 e. The van der Waals surface area contributed by atoms with E-state index in [2.05, 4.69) is 15.9 Å². The van der Waals surface area contributed by atoms with Gasteiger partial charge in [0.05, 0.1) is 25.6 Å². The quantitative estimate of drug-likeness (QED) is 0.687. The summed E-state index contributed by atoms with van der Waals surface area (Å²) in [6.07, 6.45) is 1.15. The van der Waals surface area contributed by atoms with Gasteiger partial charge in [0.1, 0.15) is 25.0 Å². The van der Waals surface area contributed by atoms with Crippen molar-refractivity contribution in [3.63, 3.8) is 0 Å². The molecule has 5 nitrogen and oxygen atoms in total. The molecule has 2 rings (SSSR count). The Bertz CT molecular complexity index is 486. The van der Waals surface area contributed by atoms with E-state index in [-0.39, 0.29) is 18.5 Å². The summed E-state index contributed by atoms with van der Waals surface area (Å²) in [6, 6.07) is 7.56. The number of quaternary nitrogens is 1. The zero-order valence-corrected chi connectivity index (χ0v) is 15.0. The Balaban J connectivity index is 1.67. The smallest absolute Gasteiger partial charge is 0.309 e. The van der Waals surface area contributed by atoms with Gasteiger partial charge in [-0.2, -0.15) is 0 Å². The van der Waals surface area contributed by atoms with Gasteiger partial charge in [0, 0.05) is 17.3 Å². The number of piperidine rings is 1. The third-order valence-electron chi connectivity index (χ3n) is 4.09. The Morgan fingerprint density at radius 1 is 1.35 bits per heavy atom. The van der Waals surface area contributed by atoms with Crippen molar-refractivity contribution < 1.29 is 24.3 Å². The van der Waals surface area contributed by atoms with Crippen LogP contribution in [-0.4, -0.2) is 50.0 Å². The molecule has 0 radical (unpaired) electrons. The van der Waals surface area contributed by atoms with Crippen LogP contribution in [0.4, 0.5) is 0 Å². The van der Waals surface area contributed by atoms with E-state index in [1.165, 1.54) is 4.90 Å². The van der Waals surface area contributed by atoms with Crippen LogP contribution in [0.2, 0.25) is 0 Å². The molecule has 0 aromatic heterocycles. The SMILES string of the molecule is CCOC(=O)C1CC[NH+](C[C@@H](O)COc2ccc(Br)cc2)CC1. The fourth-order valence-corrected chi connectivity index (χ4v) is 3.11. The lowest BCUT2D eigenvalue weighted by atomic mass is 9.97. The van der Waals surface area contributed by atoms with Crippen molar-refractivity contribution in [2.45, 2.75) is 25.9 Å². The van der Waals surface area contributed by atoms with Crippen LogP contribution in [0.25, 0.3) is 0 Å². The molecule has 1 fully saturated rings. The number of benzene rings is 1. The van der Waals surface area contributed by atoms with Crippen LogP contribution in [0, 0.1) is 5.92 Å². The maximum atomic E-state index is 11.7. The number of likely N-dealkylation sites (tertiary alicyclic amines) is 1. The van der Waals surface area contributed by atoms with Gasteiger partial charge in [0.15, 0.2) is 0 Å². The first-order valence-electron chi connectivity index (χ1n) is 8.15. The Morgan fingerprint density at radius 2 is 2.00 bits per heavy atom. The topological polar surface area (TPSA) is 60.2 Å². The first-order valence-corrected chi connectivity index (χ1v) is 8.94. The van der Waals surface area contributed by atoms with Crippen LogP contribution in [0.1, 0.15) is 19.8 Å². The number of carbonyl (C=O) groups is 1. The minimum absolute atomic E-state index is 0.0230. The highest BCUT2D eigenvalue weighted by Crippen LogP contribution is 2.16. The zero-order valence-electron chi connectivity index (χ0n) is 13.5. The van der Waals surface area contributed by atoms with Gasteiger partial charge in [0.25, 0.3) is 0 Å². The predicted molar refractivity (Wildman–Crippen MR) is 90.6 cm³/mol. The molecule has 0 saturated carbocycles. The summed E-state index contributed by atoms with van der Waals surface area (Å²) in [7, 11) is 0. The van der Waals surface area contributed by atoms with Gasteiger partial charge in [-0.3, -0.25) is 4.79 Å². The maximum absolute atomic E-state index is 11.7. The van der Waals surface area contributed by atoms with E-state index in [0.29, 0.717) is 13.2 Å². The second kappa shape index (κ2) is 9.25. The normalized spacial score (nSPS) is 22.4. The molecule has 1 saturated heterocycles.